The zero-order valence-electron chi connectivity index (χ0n) is 20.6. The molecule has 0 atom stereocenters. The molecule has 0 spiro atoms. The molecular formula is C26H31N3O6. The highest BCUT2D eigenvalue weighted by Gasteiger charge is 2.19. The van der Waals surface area contributed by atoms with Gasteiger partial charge in [-0.25, -0.2) is 0 Å². The Hall–Kier alpha value is -4.06. The summed E-state index contributed by atoms with van der Waals surface area (Å²) in [5, 5.41) is 11.4. The summed E-state index contributed by atoms with van der Waals surface area (Å²) in [6, 6.07) is 12.4. The number of hydrogen-bond donors (Lipinski definition) is 1. The van der Waals surface area contributed by atoms with Gasteiger partial charge in [0, 0.05) is 17.8 Å². The molecule has 0 aliphatic carbocycles. The number of carbonyl (C=O) groups is 3. The number of anilines is 1. The van der Waals surface area contributed by atoms with E-state index in [1.807, 2.05) is 52.0 Å². The van der Waals surface area contributed by atoms with E-state index in [9.17, 15) is 14.4 Å². The predicted molar refractivity (Wildman–Crippen MR) is 131 cm³/mol. The van der Waals surface area contributed by atoms with E-state index in [1.165, 1.54) is 11.0 Å². The fourth-order valence-electron chi connectivity index (χ4n) is 3.38. The standard InChI is InChI=1S/C26H31N3O6/c1-5-33-22-9-8-20(15-23(22)34-6-2)26(32)28-16-25(31)35-17-24(30)29(11-7-10-27)21-13-18(3)12-19(4)14-21/h8-9,12-15H,5-7,11,16-17H2,1-4H3,(H,28,32). The summed E-state index contributed by atoms with van der Waals surface area (Å²) in [6.45, 7) is 7.59. The molecule has 0 unspecified atom stereocenters. The van der Waals surface area contributed by atoms with Crippen LogP contribution in [0.5, 0.6) is 11.5 Å². The van der Waals surface area contributed by atoms with Crippen LogP contribution in [0, 0.1) is 25.2 Å². The first kappa shape index (κ1) is 27.2. The molecule has 0 aliphatic rings. The Kier molecular flexibility index (Phi) is 10.6. The lowest BCUT2D eigenvalue weighted by atomic mass is 10.1. The van der Waals surface area contributed by atoms with Crippen LogP contribution in [-0.4, -0.2) is 50.7 Å². The molecule has 9 nitrogen and oxygen atoms in total. The summed E-state index contributed by atoms with van der Waals surface area (Å²) < 4.78 is 16.1. The third-order valence-corrected chi connectivity index (χ3v) is 4.82. The van der Waals surface area contributed by atoms with Crippen molar-refractivity contribution in [1.82, 2.24) is 5.32 Å². The maximum atomic E-state index is 12.7. The first-order valence-electron chi connectivity index (χ1n) is 11.4. The maximum Gasteiger partial charge on any atom is 0.325 e. The second-order valence-electron chi connectivity index (χ2n) is 7.67. The minimum atomic E-state index is -0.761. The van der Waals surface area contributed by atoms with Crippen LogP contribution in [0.1, 0.15) is 41.8 Å². The highest BCUT2D eigenvalue weighted by atomic mass is 16.5. The summed E-state index contributed by atoms with van der Waals surface area (Å²) in [5.41, 5.74) is 2.86. The summed E-state index contributed by atoms with van der Waals surface area (Å²) in [7, 11) is 0. The van der Waals surface area contributed by atoms with Crippen molar-refractivity contribution < 1.29 is 28.6 Å². The molecule has 35 heavy (non-hydrogen) atoms. The van der Waals surface area contributed by atoms with Gasteiger partial charge in [-0.1, -0.05) is 6.07 Å². The number of carbonyl (C=O) groups excluding carboxylic acids is 3. The fraction of sp³-hybridized carbons (Fsp3) is 0.385. The average Bonchev–Trinajstić information content (AvgIpc) is 2.82. The molecule has 0 radical (unpaired) electrons. The Balaban J connectivity index is 1.95. The quantitative estimate of drug-likeness (QED) is 0.462. The average molecular weight is 482 g/mol. The van der Waals surface area contributed by atoms with E-state index >= 15 is 0 Å². The van der Waals surface area contributed by atoms with Crippen molar-refractivity contribution in [1.29, 1.82) is 5.26 Å². The second kappa shape index (κ2) is 13.6. The van der Waals surface area contributed by atoms with E-state index in [-0.39, 0.29) is 13.0 Å². The molecule has 0 saturated carbocycles. The van der Waals surface area contributed by atoms with Crippen molar-refractivity contribution in [3.05, 3.63) is 53.1 Å². The molecule has 9 heteroatoms. The van der Waals surface area contributed by atoms with Gasteiger partial charge >= 0.3 is 5.97 Å². The van der Waals surface area contributed by atoms with E-state index in [1.54, 1.807) is 12.1 Å². The van der Waals surface area contributed by atoms with Gasteiger partial charge in [0.25, 0.3) is 11.8 Å². The summed E-state index contributed by atoms with van der Waals surface area (Å²) in [5.74, 6) is -0.767. The molecule has 2 amide bonds. The fourth-order valence-corrected chi connectivity index (χ4v) is 3.38. The lowest BCUT2D eigenvalue weighted by molar-refractivity contribution is -0.146. The Morgan fingerprint density at radius 1 is 0.971 bits per heavy atom. The van der Waals surface area contributed by atoms with Crippen LogP contribution in [0.4, 0.5) is 5.69 Å². The predicted octanol–water partition coefficient (Wildman–Crippen LogP) is 3.32. The lowest BCUT2D eigenvalue weighted by Crippen LogP contribution is -2.37. The van der Waals surface area contributed by atoms with E-state index in [2.05, 4.69) is 5.32 Å². The van der Waals surface area contributed by atoms with Gasteiger partial charge in [-0.2, -0.15) is 5.26 Å². The van der Waals surface area contributed by atoms with Crippen LogP contribution in [0.25, 0.3) is 0 Å². The monoisotopic (exact) mass is 481 g/mol. The Bertz CT molecular complexity index is 1070. The maximum absolute atomic E-state index is 12.7. The number of nitrogens with zero attached hydrogens (tertiary/aromatic N) is 2. The van der Waals surface area contributed by atoms with Crippen LogP contribution in [0.2, 0.25) is 0 Å². The number of rotatable bonds is 12. The van der Waals surface area contributed by atoms with Gasteiger partial charge in [0.1, 0.15) is 6.54 Å². The summed E-state index contributed by atoms with van der Waals surface area (Å²) in [6.07, 6.45) is 0.133. The Labute approximate surface area is 205 Å². The van der Waals surface area contributed by atoms with Crippen LogP contribution < -0.4 is 19.7 Å². The van der Waals surface area contributed by atoms with Gasteiger partial charge in [0.2, 0.25) is 0 Å². The number of nitriles is 1. The van der Waals surface area contributed by atoms with Gasteiger partial charge < -0.3 is 24.4 Å². The smallest absolute Gasteiger partial charge is 0.325 e. The molecule has 0 aliphatic heterocycles. The summed E-state index contributed by atoms with van der Waals surface area (Å²) in [4.78, 5) is 38.8. The van der Waals surface area contributed by atoms with Crippen molar-refractivity contribution in [2.24, 2.45) is 0 Å². The van der Waals surface area contributed by atoms with Gasteiger partial charge in [-0.15, -0.1) is 0 Å². The molecule has 186 valence electrons. The number of benzene rings is 2. The molecule has 0 saturated heterocycles. The van der Waals surface area contributed by atoms with Crippen molar-refractivity contribution in [3.63, 3.8) is 0 Å². The van der Waals surface area contributed by atoms with E-state index in [0.717, 1.165) is 11.1 Å². The molecular weight excluding hydrogens is 450 g/mol. The van der Waals surface area contributed by atoms with Gasteiger partial charge in [0.05, 0.1) is 25.7 Å². The first-order valence-corrected chi connectivity index (χ1v) is 11.4. The zero-order valence-corrected chi connectivity index (χ0v) is 20.6. The first-order chi connectivity index (χ1) is 16.8. The van der Waals surface area contributed by atoms with Crippen LogP contribution in [-0.2, 0) is 14.3 Å². The van der Waals surface area contributed by atoms with E-state index in [0.29, 0.717) is 36.0 Å². The van der Waals surface area contributed by atoms with Crippen molar-refractivity contribution in [2.75, 3.05) is 37.8 Å². The van der Waals surface area contributed by atoms with E-state index in [4.69, 9.17) is 19.5 Å². The highest BCUT2D eigenvalue weighted by Crippen LogP contribution is 2.28. The Morgan fingerprint density at radius 2 is 1.63 bits per heavy atom. The topological polar surface area (TPSA) is 118 Å². The van der Waals surface area contributed by atoms with Crippen LogP contribution in [0.3, 0.4) is 0 Å². The molecule has 2 rings (SSSR count). The minimum absolute atomic E-state index is 0.133. The molecule has 2 aromatic rings. The number of hydrogen-bond acceptors (Lipinski definition) is 7. The van der Waals surface area contributed by atoms with E-state index < -0.39 is 30.9 Å². The van der Waals surface area contributed by atoms with Crippen molar-refractivity contribution >= 4 is 23.5 Å². The molecule has 2 aromatic carbocycles. The zero-order chi connectivity index (χ0) is 25.8. The number of esters is 1. The third kappa shape index (κ3) is 8.34. The van der Waals surface area contributed by atoms with Crippen molar-refractivity contribution in [2.45, 2.75) is 34.1 Å². The second-order valence-corrected chi connectivity index (χ2v) is 7.67. The Morgan fingerprint density at radius 3 is 2.26 bits per heavy atom. The molecule has 0 aromatic heterocycles. The van der Waals surface area contributed by atoms with Crippen LogP contribution >= 0.6 is 0 Å². The molecule has 1 N–H and O–H groups in total. The van der Waals surface area contributed by atoms with Gasteiger partial charge in [-0.05, 0) is 69.2 Å². The normalized spacial score (nSPS) is 10.1. The number of nitrogens with one attached hydrogen (secondary N) is 1. The largest absolute Gasteiger partial charge is 0.490 e. The lowest BCUT2D eigenvalue weighted by Gasteiger charge is -2.22. The van der Waals surface area contributed by atoms with Gasteiger partial charge in [-0.3, -0.25) is 14.4 Å². The highest BCUT2D eigenvalue weighted by molar-refractivity contribution is 5.97. The number of amides is 2. The van der Waals surface area contributed by atoms with Gasteiger partial charge in [0.15, 0.2) is 18.1 Å². The number of ether oxygens (including phenoxy) is 3. The molecule has 0 fully saturated rings. The molecule has 0 bridgehead atoms. The third-order valence-electron chi connectivity index (χ3n) is 4.82. The molecule has 0 heterocycles. The van der Waals surface area contributed by atoms with Crippen LogP contribution in [0.15, 0.2) is 36.4 Å². The van der Waals surface area contributed by atoms with Crippen molar-refractivity contribution in [3.8, 4) is 17.6 Å². The number of aryl methyl sites for hydroxylation is 2. The SMILES string of the molecule is CCOc1ccc(C(=O)NCC(=O)OCC(=O)N(CCC#N)c2cc(C)cc(C)c2)cc1OCC. The summed E-state index contributed by atoms with van der Waals surface area (Å²) >= 11 is 0. The minimum Gasteiger partial charge on any atom is -0.490 e.